The molecule has 0 spiro atoms. The lowest BCUT2D eigenvalue weighted by molar-refractivity contribution is -0.108. The number of rotatable bonds is 5. The number of nitrogens with zero attached hydrogens (tertiary/aromatic N) is 3. The van der Waals surface area contributed by atoms with E-state index in [1.165, 1.54) is 0 Å². The van der Waals surface area contributed by atoms with E-state index in [1.54, 1.807) is 19.1 Å². The van der Waals surface area contributed by atoms with Gasteiger partial charge in [0.05, 0.1) is 17.8 Å². The molecule has 4 heterocycles. The molecular weight excluding hydrogens is 386 g/mol. The molecule has 1 aromatic heterocycles. The van der Waals surface area contributed by atoms with Gasteiger partial charge in [-0.3, -0.25) is 9.80 Å². The average Bonchev–Trinajstić information content (AvgIpc) is 3.19. The van der Waals surface area contributed by atoms with E-state index in [0.717, 1.165) is 38.0 Å². The number of amides is 1. The Balaban J connectivity index is 1.75. The highest BCUT2D eigenvalue weighted by atomic mass is 16.7. The second-order valence-corrected chi connectivity index (χ2v) is 9.48. The van der Waals surface area contributed by atoms with Crippen LogP contribution in [0, 0.1) is 0 Å². The normalized spacial score (nSPS) is 27.9. The number of aromatic nitrogens is 1. The number of anilines is 1. The quantitative estimate of drug-likeness (QED) is 0.679. The van der Waals surface area contributed by atoms with Crippen LogP contribution >= 0.6 is 0 Å². The predicted octanol–water partition coefficient (Wildman–Crippen LogP) is 3.21. The summed E-state index contributed by atoms with van der Waals surface area (Å²) in [5.41, 5.74) is 0.973. The fraction of sp³-hybridized carbons (Fsp3) is 0.727. The maximum absolute atomic E-state index is 13.1. The molecule has 1 amide bonds. The fourth-order valence-electron chi connectivity index (χ4n) is 4.98. The fourth-order valence-corrected chi connectivity index (χ4v) is 4.98. The van der Waals surface area contributed by atoms with Gasteiger partial charge >= 0.3 is 6.09 Å². The molecule has 8 nitrogen and oxygen atoms in total. The van der Waals surface area contributed by atoms with Crippen LogP contribution < -0.4 is 4.90 Å². The standard InChI is InChI=1S/C22H33N3O5/c1-21(2,3)30-20(26)25-15-11-22(12-15,24(4)14-9-10-29-13-14)16-7-8-17(23-18(16)25)19(27-5)28-6/h7-8,14-15,19H,9-13H2,1-6H3. The van der Waals surface area contributed by atoms with Gasteiger partial charge in [-0.15, -0.1) is 0 Å². The van der Waals surface area contributed by atoms with Crippen molar-refractivity contribution in [2.75, 3.05) is 39.4 Å². The molecule has 0 radical (unpaired) electrons. The second kappa shape index (κ2) is 7.75. The van der Waals surface area contributed by atoms with Gasteiger partial charge in [-0.2, -0.15) is 0 Å². The Morgan fingerprint density at radius 3 is 2.57 bits per heavy atom. The summed E-state index contributed by atoms with van der Waals surface area (Å²) in [6, 6.07) is 4.44. The third-order valence-electron chi connectivity index (χ3n) is 6.53. The average molecular weight is 420 g/mol. The van der Waals surface area contributed by atoms with Gasteiger partial charge in [0.15, 0.2) is 0 Å². The van der Waals surface area contributed by atoms with Gasteiger partial charge in [0.1, 0.15) is 11.4 Å². The van der Waals surface area contributed by atoms with E-state index in [2.05, 4.69) is 18.0 Å². The second-order valence-electron chi connectivity index (χ2n) is 9.48. The smallest absolute Gasteiger partial charge is 0.416 e. The van der Waals surface area contributed by atoms with Crippen LogP contribution in [0.5, 0.6) is 0 Å². The molecule has 1 unspecified atom stereocenters. The van der Waals surface area contributed by atoms with Crippen LogP contribution in [-0.4, -0.2) is 68.1 Å². The zero-order valence-electron chi connectivity index (χ0n) is 18.8. The molecule has 4 aliphatic rings. The number of pyridine rings is 1. The number of carbonyl (C=O) groups is 1. The number of likely N-dealkylation sites (N-methyl/N-ethyl adjacent to an activating group) is 1. The molecule has 2 bridgehead atoms. The summed E-state index contributed by atoms with van der Waals surface area (Å²) in [6.45, 7) is 7.18. The van der Waals surface area contributed by atoms with Gasteiger partial charge in [-0.1, -0.05) is 6.07 Å². The van der Waals surface area contributed by atoms with Crippen LogP contribution in [0.4, 0.5) is 10.6 Å². The van der Waals surface area contributed by atoms with Crippen molar-refractivity contribution < 1.29 is 23.7 Å². The van der Waals surface area contributed by atoms with Crippen LogP contribution in [0.2, 0.25) is 0 Å². The molecule has 1 saturated carbocycles. The molecule has 1 saturated heterocycles. The maximum Gasteiger partial charge on any atom is 0.416 e. The highest BCUT2D eigenvalue weighted by Crippen LogP contribution is 2.57. The Hall–Kier alpha value is -1.74. The number of hydrogen-bond donors (Lipinski definition) is 0. The molecule has 0 aromatic carbocycles. The van der Waals surface area contributed by atoms with Crippen molar-refractivity contribution >= 4 is 11.9 Å². The summed E-state index contributed by atoms with van der Waals surface area (Å²) in [5, 5.41) is 0. The van der Waals surface area contributed by atoms with E-state index in [4.69, 9.17) is 23.9 Å². The van der Waals surface area contributed by atoms with Crippen LogP contribution in [0.1, 0.15) is 57.6 Å². The Morgan fingerprint density at radius 2 is 2.00 bits per heavy atom. The minimum Gasteiger partial charge on any atom is -0.443 e. The van der Waals surface area contributed by atoms with E-state index in [0.29, 0.717) is 17.6 Å². The van der Waals surface area contributed by atoms with Gasteiger partial charge in [-0.05, 0) is 53.1 Å². The van der Waals surface area contributed by atoms with Crippen molar-refractivity contribution in [1.82, 2.24) is 9.88 Å². The number of hydrogen-bond acceptors (Lipinski definition) is 7. The zero-order valence-corrected chi connectivity index (χ0v) is 18.8. The molecule has 0 N–H and O–H groups in total. The molecule has 2 fully saturated rings. The van der Waals surface area contributed by atoms with Crippen LogP contribution in [0.3, 0.4) is 0 Å². The first kappa shape index (κ1) is 21.5. The Kier molecular flexibility index (Phi) is 5.55. The lowest BCUT2D eigenvalue weighted by Gasteiger charge is -2.61. The number of ether oxygens (including phenoxy) is 4. The van der Waals surface area contributed by atoms with E-state index < -0.39 is 11.9 Å². The maximum atomic E-state index is 13.1. The third kappa shape index (κ3) is 3.49. The van der Waals surface area contributed by atoms with Crippen molar-refractivity contribution in [2.45, 2.75) is 69.5 Å². The third-order valence-corrected chi connectivity index (χ3v) is 6.53. The van der Waals surface area contributed by atoms with E-state index >= 15 is 0 Å². The SMILES string of the molecule is COC(OC)c1ccc2c(n1)N(C(=O)OC(C)(C)C)C1CC2(N(C)C2CCOC2)C1. The van der Waals surface area contributed by atoms with Gasteiger partial charge in [0.2, 0.25) is 6.29 Å². The highest BCUT2D eigenvalue weighted by molar-refractivity contribution is 5.90. The lowest BCUT2D eigenvalue weighted by Crippen LogP contribution is -2.68. The molecule has 3 aliphatic heterocycles. The number of methoxy groups -OCH3 is 2. The van der Waals surface area contributed by atoms with Gasteiger partial charge in [-0.25, -0.2) is 9.78 Å². The molecular formula is C22H33N3O5. The summed E-state index contributed by atoms with van der Waals surface area (Å²) < 4.78 is 22.2. The summed E-state index contributed by atoms with van der Waals surface area (Å²) >= 11 is 0. The largest absolute Gasteiger partial charge is 0.443 e. The van der Waals surface area contributed by atoms with Crippen molar-refractivity contribution in [3.63, 3.8) is 0 Å². The highest BCUT2D eigenvalue weighted by Gasteiger charge is 2.60. The van der Waals surface area contributed by atoms with E-state index in [-0.39, 0.29) is 17.7 Å². The van der Waals surface area contributed by atoms with Crippen LogP contribution in [0.15, 0.2) is 12.1 Å². The Morgan fingerprint density at radius 1 is 1.30 bits per heavy atom. The number of carbonyl (C=O) groups excluding carboxylic acids is 1. The van der Waals surface area contributed by atoms with Gasteiger partial charge in [0.25, 0.3) is 0 Å². The van der Waals surface area contributed by atoms with Crippen molar-refractivity contribution in [2.24, 2.45) is 0 Å². The minimum absolute atomic E-state index is 0.0587. The molecule has 30 heavy (non-hydrogen) atoms. The van der Waals surface area contributed by atoms with Crippen LogP contribution in [-0.2, 0) is 24.5 Å². The predicted molar refractivity (Wildman–Crippen MR) is 111 cm³/mol. The molecule has 166 valence electrons. The van der Waals surface area contributed by atoms with E-state index in [1.807, 2.05) is 26.8 Å². The topological polar surface area (TPSA) is 73.4 Å². The molecule has 8 heteroatoms. The monoisotopic (exact) mass is 419 g/mol. The summed E-state index contributed by atoms with van der Waals surface area (Å²) in [6.07, 6.45) is 1.81. The zero-order chi connectivity index (χ0) is 21.7. The van der Waals surface area contributed by atoms with Crippen molar-refractivity contribution in [1.29, 1.82) is 0 Å². The van der Waals surface area contributed by atoms with E-state index in [9.17, 15) is 4.79 Å². The first-order valence-corrected chi connectivity index (χ1v) is 10.6. The Labute approximate surface area is 178 Å². The molecule has 5 rings (SSSR count). The van der Waals surface area contributed by atoms with Crippen LogP contribution in [0.25, 0.3) is 0 Å². The van der Waals surface area contributed by atoms with Gasteiger partial charge in [0, 0.05) is 38.5 Å². The molecule has 1 atom stereocenters. The molecule has 1 aliphatic carbocycles. The van der Waals surface area contributed by atoms with Gasteiger partial charge < -0.3 is 18.9 Å². The minimum atomic E-state index is -0.592. The lowest BCUT2D eigenvalue weighted by atomic mass is 9.63. The Bertz CT molecular complexity index is 792. The summed E-state index contributed by atoms with van der Waals surface area (Å²) in [4.78, 5) is 22.1. The first-order valence-electron chi connectivity index (χ1n) is 10.6. The molecule has 1 aromatic rings. The van der Waals surface area contributed by atoms with Crippen molar-refractivity contribution in [3.05, 3.63) is 23.4 Å². The van der Waals surface area contributed by atoms with Crippen molar-refractivity contribution in [3.8, 4) is 0 Å². The summed E-state index contributed by atoms with van der Waals surface area (Å²) in [7, 11) is 5.32. The first-order chi connectivity index (χ1) is 14.2. The summed E-state index contributed by atoms with van der Waals surface area (Å²) in [5.74, 6) is 0.647.